The van der Waals surface area contributed by atoms with Crippen molar-refractivity contribution < 1.29 is 13.2 Å². The first kappa shape index (κ1) is 15.8. The number of carbonyl (C=O) groups is 1. The predicted octanol–water partition coefficient (Wildman–Crippen LogP) is -0.239. The topological polar surface area (TPSA) is 124 Å². The predicted molar refractivity (Wildman–Crippen MR) is 77.6 cm³/mol. The number of rotatable bonds is 5. The number of piperidine rings is 1. The molecule has 2 rings (SSSR count). The highest BCUT2D eigenvalue weighted by atomic mass is 32.2. The molecule has 8 nitrogen and oxygen atoms in total. The quantitative estimate of drug-likeness (QED) is 0.776. The van der Waals surface area contributed by atoms with Crippen LogP contribution in [-0.4, -0.2) is 41.5 Å². The number of aromatic nitrogens is 2. The minimum absolute atomic E-state index is 0.0143. The van der Waals surface area contributed by atoms with Gasteiger partial charge in [0.15, 0.2) is 5.82 Å². The number of nitrogens with zero attached hydrogens (tertiary/aromatic N) is 3. The van der Waals surface area contributed by atoms with Crippen molar-refractivity contribution in [3.8, 4) is 0 Å². The smallest absolute Gasteiger partial charge is 0.248 e. The number of hydrogen-bond donors (Lipinski definition) is 2. The van der Waals surface area contributed by atoms with Crippen LogP contribution in [0.5, 0.6) is 0 Å². The first-order chi connectivity index (χ1) is 9.86. The molecule has 0 atom stereocenters. The molecule has 1 fully saturated rings. The number of nitrogens with two attached hydrogens (primary N) is 2. The molecule has 1 aromatic heterocycles. The van der Waals surface area contributed by atoms with Gasteiger partial charge in [-0.15, -0.1) is 0 Å². The highest BCUT2D eigenvalue weighted by molar-refractivity contribution is 7.89. The molecule has 0 unspecified atom stereocenters. The van der Waals surface area contributed by atoms with Gasteiger partial charge < -0.3 is 11.5 Å². The summed E-state index contributed by atoms with van der Waals surface area (Å²) in [5.41, 5.74) is 11.0. The first-order valence-electron chi connectivity index (χ1n) is 6.98. The summed E-state index contributed by atoms with van der Waals surface area (Å²) in [5, 5.41) is 4.02. The fourth-order valence-corrected chi connectivity index (χ4v) is 4.01. The lowest BCUT2D eigenvalue weighted by Gasteiger charge is -2.29. The van der Waals surface area contributed by atoms with E-state index in [-0.39, 0.29) is 35.6 Å². The van der Waals surface area contributed by atoms with Crippen molar-refractivity contribution in [1.82, 2.24) is 14.1 Å². The van der Waals surface area contributed by atoms with Gasteiger partial charge in [0.1, 0.15) is 4.90 Å². The molecule has 1 aliphatic heterocycles. The molecule has 21 heavy (non-hydrogen) atoms. The number of amides is 1. The molecule has 0 saturated carbocycles. The van der Waals surface area contributed by atoms with E-state index >= 15 is 0 Å². The van der Waals surface area contributed by atoms with Crippen LogP contribution in [0.15, 0.2) is 11.1 Å². The fraction of sp³-hybridized carbons (Fsp3) is 0.667. The lowest BCUT2D eigenvalue weighted by Crippen LogP contribution is -2.41. The third-order valence-electron chi connectivity index (χ3n) is 3.68. The molecule has 0 aliphatic carbocycles. The number of sulfonamides is 1. The molecule has 1 saturated heterocycles. The summed E-state index contributed by atoms with van der Waals surface area (Å²) in [6.07, 6.45) is 3.19. The van der Waals surface area contributed by atoms with Crippen LogP contribution < -0.4 is 11.5 Å². The van der Waals surface area contributed by atoms with Crippen LogP contribution in [0.4, 0.5) is 5.82 Å². The molecular weight excluding hydrogens is 294 g/mol. The van der Waals surface area contributed by atoms with Gasteiger partial charge in [0.05, 0.1) is 0 Å². The van der Waals surface area contributed by atoms with Crippen molar-refractivity contribution in [2.24, 2.45) is 11.7 Å². The van der Waals surface area contributed by atoms with E-state index in [0.717, 1.165) is 6.42 Å². The molecular formula is C12H21N5O3S. The highest BCUT2D eigenvalue weighted by Gasteiger charge is 2.33. The van der Waals surface area contributed by atoms with Crippen molar-refractivity contribution in [2.75, 3.05) is 18.8 Å². The van der Waals surface area contributed by atoms with Crippen LogP contribution in [0.25, 0.3) is 0 Å². The summed E-state index contributed by atoms with van der Waals surface area (Å²) >= 11 is 0. The van der Waals surface area contributed by atoms with E-state index in [4.69, 9.17) is 11.5 Å². The third-order valence-corrected chi connectivity index (χ3v) is 5.60. The van der Waals surface area contributed by atoms with Crippen molar-refractivity contribution in [2.45, 2.75) is 37.6 Å². The molecule has 0 aromatic carbocycles. The fourth-order valence-electron chi connectivity index (χ4n) is 2.48. The third kappa shape index (κ3) is 3.18. The molecule has 4 N–H and O–H groups in total. The molecule has 118 valence electrons. The van der Waals surface area contributed by atoms with Gasteiger partial charge in [-0.1, -0.05) is 6.92 Å². The van der Waals surface area contributed by atoms with Gasteiger partial charge in [0.25, 0.3) is 0 Å². The molecule has 2 heterocycles. The monoisotopic (exact) mass is 315 g/mol. The Hall–Kier alpha value is -1.61. The molecule has 0 spiro atoms. The molecule has 1 aliphatic rings. The van der Waals surface area contributed by atoms with Crippen LogP contribution in [-0.2, 0) is 21.4 Å². The van der Waals surface area contributed by atoms with Crippen molar-refractivity contribution in [3.63, 3.8) is 0 Å². The lowest BCUT2D eigenvalue weighted by molar-refractivity contribution is -0.122. The van der Waals surface area contributed by atoms with Gasteiger partial charge in [0.2, 0.25) is 15.9 Å². The zero-order valence-corrected chi connectivity index (χ0v) is 12.8. The van der Waals surface area contributed by atoms with Crippen LogP contribution in [0.3, 0.4) is 0 Å². The maximum Gasteiger partial charge on any atom is 0.248 e. The Morgan fingerprint density at radius 1 is 1.43 bits per heavy atom. The molecule has 9 heteroatoms. The molecule has 1 amide bonds. The normalized spacial score (nSPS) is 18.0. The van der Waals surface area contributed by atoms with Gasteiger partial charge in [-0.05, 0) is 19.3 Å². The van der Waals surface area contributed by atoms with E-state index in [1.54, 1.807) is 4.68 Å². The minimum Gasteiger partial charge on any atom is -0.381 e. The minimum atomic E-state index is -3.67. The summed E-state index contributed by atoms with van der Waals surface area (Å²) in [6, 6.07) is 0. The Morgan fingerprint density at radius 3 is 2.57 bits per heavy atom. The second-order valence-electron chi connectivity index (χ2n) is 5.22. The van der Waals surface area contributed by atoms with Crippen molar-refractivity contribution in [1.29, 1.82) is 0 Å². The number of nitrogen functional groups attached to an aromatic ring is 1. The highest BCUT2D eigenvalue weighted by Crippen LogP contribution is 2.26. The summed E-state index contributed by atoms with van der Waals surface area (Å²) in [6.45, 7) is 3.13. The summed E-state index contributed by atoms with van der Waals surface area (Å²) in [7, 11) is -3.67. The van der Waals surface area contributed by atoms with E-state index in [1.165, 1.54) is 10.5 Å². The second-order valence-corrected chi connectivity index (χ2v) is 7.13. The van der Waals surface area contributed by atoms with Gasteiger partial charge in [-0.25, -0.2) is 8.42 Å². The Labute approximate surface area is 124 Å². The Balaban J connectivity index is 2.17. The van der Waals surface area contributed by atoms with Gasteiger partial charge in [-0.2, -0.15) is 9.40 Å². The Bertz CT molecular complexity index is 617. The first-order valence-corrected chi connectivity index (χ1v) is 8.42. The van der Waals surface area contributed by atoms with E-state index < -0.39 is 10.0 Å². The van der Waals surface area contributed by atoms with Crippen LogP contribution >= 0.6 is 0 Å². The number of aryl methyl sites for hydroxylation is 1. The van der Waals surface area contributed by atoms with Crippen molar-refractivity contribution in [3.05, 3.63) is 6.20 Å². The zero-order chi connectivity index (χ0) is 15.6. The molecule has 0 bridgehead atoms. The maximum absolute atomic E-state index is 12.6. The van der Waals surface area contributed by atoms with Crippen LogP contribution in [0.1, 0.15) is 26.2 Å². The maximum atomic E-state index is 12.6. The van der Waals surface area contributed by atoms with Gasteiger partial charge in [-0.3, -0.25) is 9.48 Å². The second kappa shape index (κ2) is 6.02. The number of hydrogen-bond acceptors (Lipinski definition) is 5. The van der Waals surface area contributed by atoms with E-state index in [2.05, 4.69) is 5.10 Å². The molecule has 0 radical (unpaired) electrons. The van der Waals surface area contributed by atoms with E-state index in [9.17, 15) is 13.2 Å². The van der Waals surface area contributed by atoms with Crippen LogP contribution in [0.2, 0.25) is 0 Å². The zero-order valence-electron chi connectivity index (χ0n) is 12.0. The molecule has 1 aromatic rings. The summed E-state index contributed by atoms with van der Waals surface area (Å²) < 4.78 is 28.0. The van der Waals surface area contributed by atoms with E-state index in [1.807, 2.05) is 6.92 Å². The number of anilines is 1. The average Bonchev–Trinajstić information content (AvgIpc) is 2.81. The van der Waals surface area contributed by atoms with Gasteiger partial charge >= 0.3 is 0 Å². The lowest BCUT2D eigenvalue weighted by atomic mass is 9.98. The SMILES string of the molecule is CCCn1cc(S(=O)(=O)N2CCC(C(N)=O)CC2)c(N)n1. The summed E-state index contributed by atoms with van der Waals surface area (Å²) in [4.78, 5) is 11.2. The van der Waals surface area contributed by atoms with E-state index in [0.29, 0.717) is 19.4 Å². The number of carbonyl (C=O) groups excluding carboxylic acids is 1. The van der Waals surface area contributed by atoms with Gasteiger partial charge in [0, 0.05) is 31.7 Å². The Morgan fingerprint density at radius 2 is 2.05 bits per heavy atom. The van der Waals surface area contributed by atoms with Crippen LogP contribution in [0, 0.1) is 5.92 Å². The largest absolute Gasteiger partial charge is 0.381 e. The average molecular weight is 315 g/mol. The number of primary amides is 1. The van der Waals surface area contributed by atoms with Crippen molar-refractivity contribution >= 4 is 21.7 Å². The standard InChI is InChI=1S/C12H21N5O3S/c1-2-5-16-8-10(11(13)15-16)21(19,20)17-6-3-9(4-7-17)12(14)18/h8-9H,2-7H2,1H3,(H2,13,15)(H2,14,18). The Kier molecular flexibility index (Phi) is 4.52. The summed E-state index contributed by atoms with van der Waals surface area (Å²) in [5.74, 6) is -0.612.